The molecule has 0 atom stereocenters. The van der Waals surface area contributed by atoms with Gasteiger partial charge in [0, 0.05) is 39.1 Å². The predicted molar refractivity (Wildman–Crippen MR) is 155 cm³/mol. The number of allylic oxidation sites excluding steroid dienone is 7. The lowest BCUT2D eigenvalue weighted by Gasteiger charge is -2.14. The van der Waals surface area contributed by atoms with Crippen molar-refractivity contribution >= 4 is 48.3 Å². The number of hydrogen-bond acceptors (Lipinski definition) is 2. The van der Waals surface area contributed by atoms with Gasteiger partial charge in [0.25, 0.3) is 0 Å². The summed E-state index contributed by atoms with van der Waals surface area (Å²) in [6.45, 7) is 10.1. The van der Waals surface area contributed by atoms with Crippen molar-refractivity contribution in [2.45, 2.75) is 19.8 Å². The fraction of sp³-hybridized carbons (Fsp3) is 0.125. The van der Waals surface area contributed by atoms with Gasteiger partial charge in [-0.05, 0) is 71.2 Å². The molecule has 0 spiro atoms. The van der Waals surface area contributed by atoms with E-state index in [4.69, 9.17) is 0 Å². The third-order valence-electron chi connectivity index (χ3n) is 5.95. The molecule has 4 rings (SSSR count). The molecule has 0 radical (unpaired) electrons. The molecule has 1 aromatic heterocycles. The van der Waals surface area contributed by atoms with Crippen LogP contribution in [0.3, 0.4) is 0 Å². The first-order valence-electron chi connectivity index (χ1n) is 11.7. The fourth-order valence-electron chi connectivity index (χ4n) is 4.21. The molecule has 0 saturated heterocycles. The minimum absolute atomic E-state index is 1.05. The van der Waals surface area contributed by atoms with Crippen molar-refractivity contribution in [3.8, 4) is 0 Å². The minimum atomic E-state index is 1.05. The number of anilines is 1. The van der Waals surface area contributed by atoms with Gasteiger partial charge in [-0.3, -0.25) is 0 Å². The van der Waals surface area contributed by atoms with E-state index in [1.54, 1.807) is 0 Å². The summed E-state index contributed by atoms with van der Waals surface area (Å²) in [6.07, 6.45) is 14.4. The zero-order valence-electron chi connectivity index (χ0n) is 20.0. The Balaban J connectivity index is 1.75. The molecule has 0 fully saturated rings. The predicted octanol–water partition coefficient (Wildman–Crippen LogP) is 9.64. The second kappa shape index (κ2) is 11.0. The lowest BCUT2D eigenvalue weighted by molar-refractivity contribution is 0.974. The Morgan fingerprint density at radius 1 is 0.853 bits per heavy atom. The van der Waals surface area contributed by atoms with Crippen molar-refractivity contribution in [2.24, 2.45) is 0 Å². The molecule has 0 aliphatic heterocycles. The largest absolute Gasteiger partial charge is 0.351 e. The zero-order chi connectivity index (χ0) is 23.9. The first kappa shape index (κ1) is 23.5. The summed E-state index contributed by atoms with van der Waals surface area (Å²) >= 11 is 1.85. The maximum Gasteiger partial charge on any atom is 0.0403 e. The maximum atomic E-state index is 3.94. The lowest BCUT2D eigenvalue weighted by Crippen LogP contribution is -2.07. The highest BCUT2D eigenvalue weighted by Crippen LogP contribution is 2.37. The number of benzene rings is 3. The van der Waals surface area contributed by atoms with Crippen LogP contribution in [0.2, 0.25) is 0 Å². The van der Waals surface area contributed by atoms with Gasteiger partial charge < -0.3 is 4.90 Å². The smallest absolute Gasteiger partial charge is 0.0403 e. The molecule has 0 aliphatic rings. The van der Waals surface area contributed by atoms with Crippen molar-refractivity contribution in [3.05, 3.63) is 128 Å². The van der Waals surface area contributed by atoms with E-state index in [0.29, 0.717) is 0 Å². The van der Waals surface area contributed by atoms with Gasteiger partial charge in [-0.2, -0.15) is 0 Å². The van der Waals surface area contributed by atoms with E-state index in [9.17, 15) is 0 Å². The van der Waals surface area contributed by atoms with E-state index < -0.39 is 0 Å². The van der Waals surface area contributed by atoms with Crippen molar-refractivity contribution < 1.29 is 0 Å². The molecule has 1 nitrogen and oxygen atoms in total. The van der Waals surface area contributed by atoms with Crippen LogP contribution in [0.4, 0.5) is 5.69 Å². The Morgan fingerprint density at radius 2 is 1.50 bits per heavy atom. The SMILES string of the molecule is C=C/C=C(\C=C/N(C)c1ccccc1)c1ccc2sc3ccc(/C(=C/C=C)CCC)cc3c2c1. The molecule has 0 N–H and O–H groups in total. The second-order valence-electron chi connectivity index (χ2n) is 8.32. The summed E-state index contributed by atoms with van der Waals surface area (Å²) in [6, 6.07) is 24.0. The third kappa shape index (κ3) is 5.13. The topological polar surface area (TPSA) is 3.24 Å². The summed E-state index contributed by atoms with van der Waals surface area (Å²) in [4.78, 5) is 2.13. The van der Waals surface area contributed by atoms with Crippen LogP contribution in [0.1, 0.15) is 30.9 Å². The van der Waals surface area contributed by atoms with Gasteiger partial charge in [0.1, 0.15) is 0 Å². The molecule has 0 amide bonds. The fourth-order valence-corrected chi connectivity index (χ4v) is 5.28. The zero-order valence-corrected chi connectivity index (χ0v) is 20.8. The van der Waals surface area contributed by atoms with Gasteiger partial charge in [-0.1, -0.05) is 81.1 Å². The first-order valence-corrected chi connectivity index (χ1v) is 12.5. The molecule has 1 heterocycles. The highest BCUT2D eigenvalue weighted by Gasteiger charge is 2.10. The highest BCUT2D eigenvalue weighted by molar-refractivity contribution is 7.25. The molecule has 4 aromatic rings. The summed E-state index contributed by atoms with van der Waals surface area (Å²) in [5, 5.41) is 2.61. The molecule has 2 heteroatoms. The van der Waals surface area contributed by atoms with E-state index in [1.165, 1.54) is 36.9 Å². The van der Waals surface area contributed by atoms with E-state index in [1.807, 2.05) is 29.6 Å². The monoisotopic (exact) mass is 461 g/mol. The van der Waals surface area contributed by atoms with Crippen LogP contribution in [-0.2, 0) is 0 Å². The third-order valence-corrected chi connectivity index (χ3v) is 7.10. The Hall–Kier alpha value is -3.62. The number of para-hydroxylation sites is 1. The van der Waals surface area contributed by atoms with Crippen molar-refractivity contribution in [1.82, 2.24) is 0 Å². The van der Waals surface area contributed by atoms with Gasteiger partial charge in [0.05, 0.1) is 0 Å². The summed E-state index contributed by atoms with van der Waals surface area (Å²) < 4.78 is 2.63. The highest BCUT2D eigenvalue weighted by atomic mass is 32.1. The quantitative estimate of drug-likeness (QED) is 0.224. The number of fused-ring (bicyclic) bond motifs is 3. The molecule has 0 aliphatic carbocycles. The molecule has 34 heavy (non-hydrogen) atoms. The average Bonchev–Trinajstić information content (AvgIpc) is 3.24. The van der Waals surface area contributed by atoms with E-state index in [2.05, 4.69) is 117 Å². The van der Waals surface area contributed by atoms with Gasteiger partial charge >= 0.3 is 0 Å². The summed E-state index contributed by atoms with van der Waals surface area (Å²) in [7, 11) is 2.07. The molecule has 0 unspecified atom stereocenters. The Morgan fingerprint density at radius 3 is 2.15 bits per heavy atom. The number of thiophene rings is 1. The van der Waals surface area contributed by atoms with Crippen molar-refractivity contribution in [2.75, 3.05) is 11.9 Å². The van der Waals surface area contributed by atoms with Crippen LogP contribution in [-0.4, -0.2) is 7.05 Å². The van der Waals surface area contributed by atoms with Gasteiger partial charge in [0.2, 0.25) is 0 Å². The van der Waals surface area contributed by atoms with Crippen LogP contribution >= 0.6 is 11.3 Å². The van der Waals surface area contributed by atoms with E-state index in [-0.39, 0.29) is 0 Å². The summed E-state index contributed by atoms with van der Waals surface area (Å²) in [5.74, 6) is 0. The standard InChI is InChI=1S/C32H31NS/c1-5-11-24(12-6-2)26-16-18-31-29(22-26)30-23-27(17-19-32(30)34-31)25(13-7-3)20-21-33(4)28-14-9-8-10-15-28/h5,7-11,13-23H,1,3,6,12H2,2,4H3/b21-20-,24-11+,25-13+. The van der Waals surface area contributed by atoms with Crippen LogP contribution in [0.15, 0.2) is 116 Å². The molecule has 0 bridgehead atoms. The van der Waals surface area contributed by atoms with Crippen LogP contribution in [0, 0.1) is 0 Å². The Bertz CT molecular complexity index is 1400. The average molecular weight is 462 g/mol. The van der Waals surface area contributed by atoms with E-state index in [0.717, 1.165) is 24.1 Å². The molecule has 170 valence electrons. The van der Waals surface area contributed by atoms with Gasteiger partial charge in [-0.25, -0.2) is 0 Å². The molecular formula is C32H31NS. The minimum Gasteiger partial charge on any atom is -0.351 e. The number of hydrogen-bond donors (Lipinski definition) is 0. The molecule has 0 saturated carbocycles. The summed E-state index contributed by atoms with van der Waals surface area (Å²) in [5.41, 5.74) is 6.10. The number of rotatable bonds is 9. The van der Waals surface area contributed by atoms with Crippen LogP contribution in [0.5, 0.6) is 0 Å². The van der Waals surface area contributed by atoms with Crippen molar-refractivity contribution in [3.63, 3.8) is 0 Å². The Labute approximate surface area is 207 Å². The van der Waals surface area contributed by atoms with Crippen LogP contribution < -0.4 is 4.90 Å². The van der Waals surface area contributed by atoms with Crippen molar-refractivity contribution in [1.29, 1.82) is 0 Å². The van der Waals surface area contributed by atoms with Crippen LogP contribution in [0.25, 0.3) is 31.3 Å². The second-order valence-corrected chi connectivity index (χ2v) is 9.41. The first-order chi connectivity index (χ1) is 16.6. The van der Waals surface area contributed by atoms with Gasteiger partial charge in [0.15, 0.2) is 0 Å². The van der Waals surface area contributed by atoms with Gasteiger partial charge in [-0.15, -0.1) is 11.3 Å². The molecular weight excluding hydrogens is 430 g/mol. The maximum absolute atomic E-state index is 3.94. The normalized spacial score (nSPS) is 12.5. The number of nitrogens with zero attached hydrogens (tertiary/aromatic N) is 1. The Kier molecular flexibility index (Phi) is 7.61. The molecule has 3 aromatic carbocycles. The van der Waals surface area contributed by atoms with E-state index >= 15 is 0 Å². The lowest BCUT2D eigenvalue weighted by atomic mass is 9.97.